The van der Waals surface area contributed by atoms with Crippen LogP contribution < -0.4 is 25.5 Å². The Balaban J connectivity index is 1.06. The van der Waals surface area contributed by atoms with Crippen LogP contribution in [0.25, 0.3) is 67.1 Å². The van der Waals surface area contributed by atoms with Crippen LogP contribution in [0.2, 0.25) is 0 Å². The average molecular weight is 885 g/mol. The topological polar surface area (TPSA) is 53.7 Å². The van der Waals surface area contributed by atoms with E-state index in [1.54, 1.807) is 36.4 Å². The number of ether oxygens (including phenoxy) is 1. The van der Waals surface area contributed by atoms with E-state index in [-0.39, 0.29) is 22.6 Å². The third kappa shape index (κ3) is 5.21. The van der Waals surface area contributed by atoms with Crippen LogP contribution in [0, 0.1) is 0 Å². The first-order valence-corrected chi connectivity index (χ1v) is 24.4. The number of rotatable bonds is 6. The van der Waals surface area contributed by atoms with E-state index in [9.17, 15) is 0 Å². The maximum atomic E-state index is 9.15. The third-order valence-electron chi connectivity index (χ3n) is 13.8. The van der Waals surface area contributed by atoms with Crippen molar-refractivity contribution in [2.24, 2.45) is 0 Å². The van der Waals surface area contributed by atoms with E-state index in [0.717, 1.165) is 87.8 Å². The summed E-state index contributed by atoms with van der Waals surface area (Å²) in [5.41, 5.74) is 7.34. The molecule has 0 fully saturated rings. The van der Waals surface area contributed by atoms with Crippen molar-refractivity contribution >= 4 is 84.5 Å². The highest BCUT2D eigenvalue weighted by Crippen LogP contribution is 2.47. The van der Waals surface area contributed by atoms with Gasteiger partial charge in [-0.3, -0.25) is 17.9 Å². The van der Waals surface area contributed by atoms with Crippen molar-refractivity contribution in [2.75, 3.05) is 0 Å². The summed E-state index contributed by atoms with van der Waals surface area (Å²) in [6.07, 6.45) is 0. The zero-order valence-electron chi connectivity index (χ0n) is 41.9. The second-order valence-electron chi connectivity index (χ2n) is 17.4. The molecule has 7 nitrogen and oxygen atoms in total. The molecule has 0 bridgehead atoms. The fourth-order valence-corrected chi connectivity index (χ4v) is 15.9. The van der Waals surface area contributed by atoms with Crippen LogP contribution in [0.5, 0.6) is 11.5 Å². The minimum Gasteiger partial charge on any atom is -0.457 e. The Morgan fingerprint density at radius 3 is 1.64 bits per heavy atom. The van der Waals surface area contributed by atoms with Gasteiger partial charge < -0.3 is 4.74 Å². The van der Waals surface area contributed by atoms with Gasteiger partial charge in [-0.1, -0.05) is 159 Å². The molecular formula is C59H42N6OSi. The number of benzene rings is 9. The third-order valence-corrected chi connectivity index (χ3v) is 18.6. The lowest BCUT2D eigenvalue weighted by molar-refractivity contribution is 0.421. The lowest BCUT2D eigenvalue weighted by Crippen LogP contribution is -2.75. The normalized spacial score (nSPS) is 15.2. The SMILES string of the molecule is [2H]C([2H])([2H])C1(C([2H])([2H])[2H])c2ccccc2Oc2c1cccc2[Si](c1ccccc1)(c1ccccc1)c1cccc(-n2c3ccc(-n4c5ccccc5n5c6ccccc6nc45)cc3n3c4ccccc4nc23)c1. The Morgan fingerprint density at radius 1 is 0.433 bits per heavy atom. The van der Waals surface area contributed by atoms with Gasteiger partial charge in [-0.15, -0.1) is 0 Å². The van der Waals surface area contributed by atoms with Crippen LogP contribution in [-0.2, 0) is 5.41 Å². The number of aromatic nitrogens is 6. The number of nitrogens with zero attached hydrogens (tertiary/aromatic N) is 6. The van der Waals surface area contributed by atoms with E-state index in [4.69, 9.17) is 22.9 Å². The predicted octanol–water partition coefficient (Wildman–Crippen LogP) is 11.0. The summed E-state index contributed by atoms with van der Waals surface area (Å²) in [6.45, 7) is -6.01. The van der Waals surface area contributed by atoms with E-state index < -0.39 is 27.2 Å². The molecule has 0 amide bonds. The van der Waals surface area contributed by atoms with Crippen LogP contribution in [-0.4, -0.2) is 36.0 Å². The highest BCUT2D eigenvalue weighted by atomic mass is 28.3. The number of imidazole rings is 4. The molecule has 14 rings (SSSR count). The summed E-state index contributed by atoms with van der Waals surface area (Å²) in [6, 6.07) is 72.6. The van der Waals surface area contributed by atoms with Crippen LogP contribution in [0.1, 0.15) is 33.1 Å². The van der Waals surface area contributed by atoms with E-state index >= 15 is 0 Å². The maximum Gasteiger partial charge on any atom is 0.220 e. The van der Waals surface area contributed by atoms with Gasteiger partial charge in [0.05, 0.1) is 49.8 Å². The Kier molecular flexibility index (Phi) is 6.74. The van der Waals surface area contributed by atoms with Crippen molar-refractivity contribution in [1.82, 2.24) is 27.9 Å². The summed E-state index contributed by atoms with van der Waals surface area (Å²) in [5.74, 6) is 1.99. The predicted molar refractivity (Wildman–Crippen MR) is 275 cm³/mol. The summed E-state index contributed by atoms with van der Waals surface area (Å²) in [7, 11) is -3.65. The maximum absolute atomic E-state index is 9.15. The smallest absolute Gasteiger partial charge is 0.220 e. The first-order valence-electron chi connectivity index (χ1n) is 25.4. The molecule has 0 saturated carbocycles. The molecule has 0 N–H and O–H groups in total. The van der Waals surface area contributed by atoms with Crippen LogP contribution >= 0.6 is 0 Å². The fraction of sp³-hybridized carbons (Fsp3) is 0.0508. The molecule has 67 heavy (non-hydrogen) atoms. The van der Waals surface area contributed by atoms with Gasteiger partial charge in [0.15, 0.2) is 8.07 Å². The van der Waals surface area contributed by atoms with Crippen LogP contribution in [0.15, 0.2) is 218 Å². The van der Waals surface area contributed by atoms with Gasteiger partial charge in [0.2, 0.25) is 11.6 Å². The van der Waals surface area contributed by atoms with Crippen molar-refractivity contribution in [3.8, 4) is 22.9 Å². The molecule has 5 heterocycles. The molecule has 4 aromatic heterocycles. The average Bonchev–Trinajstić information content (AvgIpc) is 4.15. The van der Waals surface area contributed by atoms with Gasteiger partial charge in [0, 0.05) is 30.5 Å². The molecule has 0 unspecified atom stereocenters. The van der Waals surface area contributed by atoms with E-state index in [0.29, 0.717) is 0 Å². The van der Waals surface area contributed by atoms with Crippen molar-refractivity contribution in [1.29, 1.82) is 0 Å². The molecule has 0 atom stereocenters. The van der Waals surface area contributed by atoms with Crippen molar-refractivity contribution in [3.05, 3.63) is 230 Å². The Labute approximate surface area is 395 Å². The van der Waals surface area contributed by atoms with Gasteiger partial charge in [-0.25, -0.2) is 9.97 Å². The number of para-hydroxylation sites is 8. The van der Waals surface area contributed by atoms with Crippen LogP contribution in [0.3, 0.4) is 0 Å². The van der Waals surface area contributed by atoms with E-state index in [1.165, 1.54) is 0 Å². The Hall–Kier alpha value is -8.46. The number of fused-ring (bicyclic) bond motifs is 12. The second-order valence-corrected chi connectivity index (χ2v) is 21.1. The molecule has 1 aliphatic rings. The number of hydrogen-bond acceptors (Lipinski definition) is 3. The lowest BCUT2D eigenvalue weighted by atomic mass is 9.76. The largest absolute Gasteiger partial charge is 0.457 e. The monoisotopic (exact) mass is 884 g/mol. The molecule has 0 saturated heterocycles. The summed E-state index contributed by atoms with van der Waals surface area (Å²) in [4.78, 5) is 10.5. The van der Waals surface area contributed by atoms with Gasteiger partial charge >= 0.3 is 0 Å². The molecule has 0 spiro atoms. The Bertz CT molecular complexity index is 4310. The second kappa shape index (κ2) is 14.0. The Morgan fingerprint density at radius 2 is 0.955 bits per heavy atom. The zero-order valence-corrected chi connectivity index (χ0v) is 36.9. The molecular weight excluding hydrogens is 837 g/mol. The minimum absolute atomic E-state index is 0.109. The summed E-state index contributed by atoms with van der Waals surface area (Å²) < 4.78 is 70.8. The summed E-state index contributed by atoms with van der Waals surface area (Å²) in [5, 5.41) is 3.69. The minimum atomic E-state index is -3.65. The molecule has 9 aromatic carbocycles. The lowest BCUT2D eigenvalue weighted by Gasteiger charge is -2.40. The molecule has 13 aromatic rings. The summed E-state index contributed by atoms with van der Waals surface area (Å²) >= 11 is 0. The molecule has 8 heteroatoms. The number of hydrogen-bond donors (Lipinski definition) is 0. The highest BCUT2D eigenvalue weighted by Gasteiger charge is 2.47. The zero-order chi connectivity index (χ0) is 49.4. The molecule has 0 aliphatic carbocycles. The first-order chi connectivity index (χ1) is 35.5. The van der Waals surface area contributed by atoms with E-state index in [2.05, 4.69) is 121 Å². The quantitative estimate of drug-likeness (QED) is 0.123. The van der Waals surface area contributed by atoms with Gasteiger partial charge in [0.1, 0.15) is 11.5 Å². The first kappa shape index (κ1) is 32.2. The molecule has 0 radical (unpaired) electrons. The van der Waals surface area contributed by atoms with Crippen LogP contribution in [0.4, 0.5) is 0 Å². The standard InChI is InChI=1S/C59H42N6OSi/c1-59(2)44-25-9-16-33-54(44)66-56-45(59)26-18-34-55(56)67(41-20-5-3-6-21-41,42-22-7-4-8-23-42)43-24-17-19-39(37-43)62-52-36-35-40(38-53(52)65-49-30-13-11-28-47(49)61-58(62)65)63-50-31-14-15-32-51(50)64-48-29-12-10-27-46(48)60-57(63)64/h3-38H,1-2H3/i1D3,2D3. The van der Waals surface area contributed by atoms with Gasteiger partial charge in [0.25, 0.3) is 0 Å². The van der Waals surface area contributed by atoms with Gasteiger partial charge in [-0.05, 0) is 93.5 Å². The van der Waals surface area contributed by atoms with Gasteiger partial charge in [-0.2, -0.15) is 0 Å². The highest BCUT2D eigenvalue weighted by molar-refractivity contribution is 7.20. The molecule has 1 aliphatic heterocycles. The fourth-order valence-electron chi connectivity index (χ4n) is 11.0. The van der Waals surface area contributed by atoms with Crippen molar-refractivity contribution in [3.63, 3.8) is 0 Å². The van der Waals surface area contributed by atoms with E-state index in [1.807, 2.05) is 78.9 Å². The van der Waals surface area contributed by atoms with Crippen molar-refractivity contribution < 1.29 is 13.0 Å². The van der Waals surface area contributed by atoms with Crippen molar-refractivity contribution in [2.45, 2.75) is 19.1 Å². The molecule has 318 valence electrons.